The number of likely N-dealkylation sites (tertiary alicyclic amines) is 1. The average molecular weight is 388 g/mol. The molecular formula is C23H24N4O2. The molecule has 0 aliphatic carbocycles. The number of aromatic nitrogens is 2. The van der Waals surface area contributed by atoms with Gasteiger partial charge in [-0.05, 0) is 68.8 Å². The van der Waals surface area contributed by atoms with Crippen LogP contribution in [-0.4, -0.2) is 45.0 Å². The molecule has 0 atom stereocenters. The van der Waals surface area contributed by atoms with Crippen LogP contribution in [0.1, 0.15) is 46.4 Å². The first-order valence-corrected chi connectivity index (χ1v) is 9.99. The molecule has 6 heteroatoms. The number of hydrogen-bond donors (Lipinski definition) is 1. The largest absolute Gasteiger partial charge is 0.392 e. The number of nitriles is 1. The van der Waals surface area contributed by atoms with E-state index in [1.165, 1.54) is 6.42 Å². The number of aliphatic hydroxyl groups excluding tert-OH is 1. The van der Waals surface area contributed by atoms with Gasteiger partial charge in [0.05, 0.1) is 41.4 Å². The van der Waals surface area contributed by atoms with Crippen LogP contribution in [0.15, 0.2) is 36.5 Å². The molecule has 29 heavy (non-hydrogen) atoms. The van der Waals surface area contributed by atoms with Crippen molar-refractivity contribution in [2.75, 3.05) is 19.6 Å². The van der Waals surface area contributed by atoms with Gasteiger partial charge in [-0.3, -0.25) is 14.7 Å². The Morgan fingerprint density at radius 1 is 1.21 bits per heavy atom. The number of ketones is 1. The number of rotatable bonds is 5. The molecular weight excluding hydrogens is 364 g/mol. The number of fused-ring (bicyclic) bond motifs is 1. The molecule has 3 heterocycles. The van der Waals surface area contributed by atoms with E-state index in [1.807, 2.05) is 29.7 Å². The molecule has 1 aromatic carbocycles. The lowest BCUT2D eigenvalue weighted by Crippen LogP contribution is -2.34. The van der Waals surface area contributed by atoms with Gasteiger partial charge in [0.1, 0.15) is 0 Å². The van der Waals surface area contributed by atoms with Crippen LogP contribution < -0.4 is 0 Å². The summed E-state index contributed by atoms with van der Waals surface area (Å²) in [5, 5.41) is 18.7. The monoisotopic (exact) mass is 388 g/mol. The molecule has 0 spiro atoms. The number of carbonyl (C=O) groups is 1. The first kappa shape index (κ1) is 19.3. The van der Waals surface area contributed by atoms with Gasteiger partial charge in [0.2, 0.25) is 0 Å². The minimum Gasteiger partial charge on any atom is -0.392 e. The second kappa shape index (κ2) is 8.16. The normalized spacial score (nSPS) is 14.8. The van der Waals surface area contributed by atoms with Crippen LogP contribution in [0.2, 0.25) is 0 Å². The quantitative estimate of drug-likeness (QED) is 0.678. The number of nitrogens with zero attached hydrogens (tertiary/aromatic N) is 4. The summed E-state index contributed by atoms with van der Waals surface area (Å²) in [7, 11) is 0. The van der Waals surface area contributed by atoms with Crippen molar-refractivity contribution in [2.45, 2.75) is 32.8 Å². The maximum Gasteiger partial charge on any atom is 0.180 e. The summed E-state index contributed by atoms with van der Waals surface area (Å²) >= 11 is 0. The third-order valence-electron chi connectivity index (χ3n) is 5.63. The van der Waals surface area contributed by atoms with Gasteiger partial charge in [0.15, 0.2) is 5.78 Å². The summed E-state index contributed by atoms with van der Waals surface area (Å²) in [5.41, 5.74) is 5.05. The highest BCUT2D eigenvalue weighted by Crippen LogP contribution is 2.29. The summed E-state index contributed by atoms with van der Waals surface area (Å²) in [6.45, 7) is 4.14. The van der Waals surface area contributed by atoms with E-state index in [9.17, 15) is 9.90 Å². The molecule has 1 fully saturated rings. The van der Waals surface area contributed by atoms with Crippen LogP contribution >= 0.6 is 0 Å². The van der Waals surface area contributed by atoms with Crippen molar-refractivity contribution >= 4 is 16.8 Å². The van der Waals surface area contributed by atoms with E-state index in [4.69, 9.17) is 5.26 Å². The number of hydrogen-bond acceptors (Lipinski definition) is 5. The van der Waals surface area contributed by atoms with Crippen LogP contribution in [0.3, 0.4) is 0 Å². The average Bonchev–Trinajstić information content (AvgIpc) is 3.05. The van der Waals surface area contributed by atoms with Crippen molar-refractivity contribution in [1.29, 1.82) is 5.26 Å². The Kier molecular flexibility index (Phi) is 5.43. The molecule has 0 saturated carbocycles. The van der Waals surface area contributed by atoms with Gasteiger partial charge >= 0.3 is 0 Å². The van der Waals surface area contributed by atoms with Crippen molar-refractivity contribution in [3.05, 3.63) is 58.9 Å². The second-order valence-corrected chi connectivity index (χ2v) is 7.58. The van der Waals surface area contributed by atoms with Crippen molar-refractivity contribution in [1.82, 2.24) is 14.5 Å². The van der Waals surface area contributed by atoms with Crippen LogP contribution in [0, 0.1) is 18.3 Å². The number of piperidine rings is 1. The zero-order valence-electron chi connectivity index (χ0n) is 16.6. The third kappa shape index (κ3) is 3.67. The van der Waals surface area contributed by atoms with Gasteiger partial charge in [-0.25, -0.2) is 0 Å². The first-order chi connectivity index (χ1) is 14.1. The highest BCUT2D eigenvalue weighted by atomic mass is 16.3. The van der Waals surface area contributed by atoms with Crippen LogP contribution in [0.4, 0.5) is 0 Å². The Morgan fingerprint density at radius 2 is 1.93 bits per heavy atom. The third-order valence-corrected chi connectivity index (χ3v) is 5.63. The lowest BCUT2D eigenvalue weighted by atomic mass is 10.1. The van der Waals surface area contributed by atoms with E-state index in [-0.39, 0.29) is 12.4 Å². The minimum atomic E-state index is -0.113. The number of Topliss-reactive ketones (excluding diaryl/α,β-unsaturated/α-hetero) is 1. The molecule has 1 saturated heterocycles. The summed E-state index contributed by atoms with van der Waals surface area (Å²) < 4.78 is 1.99. The predicted molar refractivity (Wildman–Crippen MR) is 111 cm³/mol. The summed E-state index contributed by atoms with van der Waals surface area (Å²) in [4.78, 5) is 20.0. The molecule has 1 N–H and O–H groups in total. The van der Waals surface area contributed by atoms with Gasteiger partial charge in [0.25, 0.3) is 0 Å². The first-order valence-electron chi connectivity index (χ1n) is 9.99. The molecule has 0 radical (unpaired) electrons. The van der Waals surface area contributed by atoms with Gasteiger partial charge in [-0.1, -0.05) is 6.42 Å². The van der Waals surface area contributed by atoms with E-state index in [0.29, 0.717) is 28.8 Å². The topological polar surface area (TPSA) is 82.2 Å². The van der Waals surface area contributed by atoms with Crippen molar-refractivity contribution in [2.24, 2.45) is 0 Å². The molecule has 1 aliphatic heterocycles. The van der Waals surface area contributed by atoms with Crippen LogP contribution in [0.5, 0.6) is 0 Å². The summed E-state index contributed by atoms with van der Waals surface area (Å²) in [6.07, 6.45) is 5.13. The Bertz CT molecular complexity index is 1090. The molecule has 0 amide bonds. The number of benzene rings is 1. The van der Waals surface area contributed by atoms with Crippen molar-refractivity contribution < 1.29 is 9.90 Å². The lowest BCUT2D eigenvalue weighted by Gasteiger charge is -2.25. The number of pyridine rings is 1. The molecule has 3 aromatic rings. The van der Waals surface area contributed by atoms with E-state index < -0.39 is 0 Å². The number of carbonyl (C=O) groups excluding carboxylic acids is 1. The van der Waals surface area contributed by atoms with Gasteiger partial charge in [-0.2, -0.15) is 5.26 Å². The van der Waals surface area contributed by atoms with Crippen molar-refractivity contribution in [3.8, 4) is 11.8 Å². The fraction of sp³-hybridized carbons (Fsp3) is 0.348. The Labute approximate surface area is 170 Å². The lowest BCUT2D eigenvalue weighted by molar-refractivity contribution is 0.0916. The van der Waals surface area contributed by atoms with E-state index in [0.717, 1.165) is 42.8 Å². The predicted octanol–water partition coefficient (Wildman–Crippen LogP) is 3.37. The van der Waals surface area contributed by atoms with E-state index in [1.54, 1.807) is 18.3 Å². The molecule has 4 rings (SSSR count). The van der Waals surface area contributed by atoms with E-state index in [2.05, 4.69) is 16.0 Å². The molecule has 2 aromatic heterocycles. The van der Waals surface area contributed by atoms with Gasteiger partial charge in [0, 0.05) is 17.6 Å². The Hall–Kier alpha value is -3.01. The summed E-state index contributed by atoms with van der Waals surface area (Å²) in [6, 6.07) is 11.3. The van der Waals surface area contributed by atoms with Gasteiger partial charge < -0.3 is 9.67 Å². The fourth-order valence-corrected chi connectivity index (χ4v) is 4.16. The maximum absolute atomic E-state index is 13.3. The fourth-order valence-electron chi connectivity index (χ4n) is 4.16. The Balaban J connectivity index is 1.83. The van der Waals surface area contributed by atoms with Crippen LogP contribution in [-0.2, 0) is 6.61 Å². The van der Waals surface area contributed by atoms with Crippen molar-refractivity contribution in [3.63, 3.8) is 0 Å². The summed E-state index contributed by atoms with van der Waals surface area (Å²) in [5.74, 6) is 0.0750. The SMILES string of the molecule is Cc1c(C(=O)CN2CCCCC2)c2ncc(CO)cc2n1-c1ccc(C#N)cc1. The molecule has 148 valence electrons. The highest BCUT2D eigenvalue weighted by Gasteiger charge is 2.24. The smallest absolute Gasteiger partial charge is 0.180 e. The van der Waals surface area contributed by atoms with Crippen LogP contribution in [0.25, 0.3) is 16.7 Å². The second-order valence-electron chi connectivity index (χ2n) is 7.58. The standard InChI is InChI=1S/C23H24N4O2/c1-16-22(21(29)14-26-9-3-2-4-10-26)23-20(11-18(15-28)13-25-23)27(16)19-7-5-17(12-24)6-8-19/h5-8,11,13,28H,2-4,9-10,14-15H2,1H3. The maximum atomic E-state index is 13.3. The highest BCUT2D eigenvalue weighted by molar-refractivity contribution is 6.09. The molecule has 1 aliphatic rings. The zero-order chi connectivity index (χ0) is 20.4. The molecule has 0 unspecified atom stereocenters. The molecule has 6 nitrogen and oxygen atoms in total. The molecule has 0 bridgehead atoms. The van der Waals surface area contributed by atoms with Gasteiger partial charge in [-0.15, -0.1) is 0 Å². The number of aliphatic hydroxyl groups is 1. The van der Waals surface area contributed by atoms with E-state index >= 15 is 0 Å². The zero-order valence-corrected chi connectivity index (χ0v) is 16.6. The minimum absolute atomic E-state index is 0.0750. The Morgan fingerprint density at radius 3 is 2.59 bits per heavy atom.